The van der Waals surface area contributed by atoms with Gasteiger partial charge >= 0.3 is 5.97 Å². The SMILES string of the molecule is O=C(O)C1Cc2ccccc2N1/N=C/c1ccc([N+](=O)[O-])cc1. The number of fused-ring (bicyclic) bond motifs is 1. The third kappa shape index (κ3) is 2.89. The molecular weight excluding hydrogens is 298 g/mol. The molecule has 0 spiro atoms. The lowest BCUT2D eigenvalue weighted by molar-refractivity contribution is -0.384. The molecule has 23 heavy (non-hydrogen) atoms. The Labute approximate surface area is 131 Å². The zero-order valence-corrected chi connectivity index (χ0v) is 12.0. The van der Waals surface area contributed by atoms with E-state index in [9.17, 15) is 20.0 Å². The number of aliphatic carboxylic acids is 1. The first-order valence-electron chi connectivity index (χ1n) is 6.94. The van der Waals surface area contributed by atoms with Crippen LogP contribution in [0.15, 0.2) is 53.6 Å². The first kappa shape index (κ1) is 14.7. The number of non-ortho nitro benzene ring substituents is 1. The molecule has 1 unspecified atom stereocenters. The molecule has 1 aliphatic rings. The third-order valence-corrected chi connectivity index (χ3v) is 3.67. The molecule has 7 heteroatoms. The van der Waals surface area contributed by atoms with Crippen molar-refractivity contribution in [2.24, 2.45) is 5.10 Å². The van der Waals surface area contributed by atoms with Gasteiger partial charge in [0.2, 0.25) is 0 Å². The van der Waals surface area contributed by atoms with Crippen molar-refractivity contribution in [3.63, 3.8) is 0 Å². The van der Waals surface area contributed by atoms with Crippen LogP contribution in [0.25, 0.3) is 0 Å². The fourth-order valence-electron chi connectivity index (χ4n) is 2.52. The van der Waals surface area contributed by atoms with Gasteiger partial charge in [0.05, 0.1) is 16.8 Å². The van der Waals surface area contributed by atoms with Gasteiger partial charge in [-0.3, -0.25) is 15.1 Å². The normalized spacial score (nSPS) is 16.5. The monoisotopic (exact) mass is 311 g/mol. The minimum absolute atomic E-state index is 0.00270. The number of rotatable bonds is 4. The molecule has 1 heterocycles. The summed E-state index contributed by atoms with van der Waals surface area (Å²) in [4.78, 5) is 21.6. The number of nitro benzene ring substituents is 1. The molecule has 116 valence electrons. The first-order valence-corrected chi connectivity index (χ1v) is 6.94. The molecule has 1 aliphatic heterocycles. The number of carboxylic acid groups (broad SMARTS) is 1. The van der Waals surface area contributed by atoms with Crippen molar-refractivity contribution in [1.29, 1.82) is 0 Å². The molecule has 0 bridgehead atoms. The molecule has 3 rings (SSSR count). The van der Waals surface area contributed by atoms with E-state index in [4.69, 9.17) is 0 Å². The largest absolute Gasteiger partial charge is 0.480 e. The van der Waals surface area contributed by atoms with E-state index in [0.717, 1.165) is 11.3 Å². The van der Waals surface area contributed by atoms with Crippen molar-refractivity contribution in [3.05, 3.63) is 69.8 Å². The highest BCUT2D eigenvalue weighted by molar-refractivity contribution is 5.85. The quantitative estimate of drug-likeness (QED) is 0.531. The maximum absolute atomic E-state index is 11.4. The molecule has 0 aromatic heterocycles. The number of carbonyl (C=O) groups is 1. The van der Waals surface area contributed by atoms with E-state index in [-0.39, 0.29) is 5.69 Å². The molecular formula is C16H13N3O4. The fraction of sp³-hybridized carbons (Fsp3) is 0.125. The second-order valence-electron chi connectivity index (χ2n) is 5.12. The van der Waals surface area contributed by atoms with Crippen LogP contribution < -0.4 is 5.01 Å². The van der Waals surface area contributed by atoms with E-state index in [1.54, 1.807) is 12.1 Å². The Balaban J connectivity index is 1.87. The van der Waals surface area contributed by atoms with Gasteiger partial charge in [-0.1, -0.05) is 18.2 Å². The van der Waals surface area contributed by atoms with Crippen LogP contribution in [0.1, 0.15) is 11.1 Å². The molecule has 0 saturated heterocycles. The van der Waals surface area contributed by atoms with Crippen LogP contribution in [0, 0.1) is 10.1 Å². The summed E-state index contributed by atoms with van der Waals surface area (Å²) >= 11 is 0. The van der Waals surface area contributed by atoms with E-state index in [2.05, 4.69) is 5.10 Å². The highest BCUT2D eigenvalue weighted by Crippen LogP contribution is 2.32. The predicted molar refractivity (Wildman–Crippen MR) is 84.7 cm³/mol. The maximum atomic E-state index is 11.4. The van der Waals surface area contributed by atoms with Crippen LogP contribution >= 0.6 is 0 Å². The van der Waals surface area contributed by atoms with Crippen LogP contribution in [0.2, 0.25) is 0 Å². The number of hydrogen-bond acceptors (Lipinski definition) is 5. The summed E-state index contributed by atoms with van der Waals surface area (Å²) < 4.78 is 0. The van der Waals surface area contributed by atoms with Crippen molar-refractivity contribution >= 4 is 23.6 Å². The summed E-state index contributed by atoms with van der Waals surface area (Å²) in [5, 5.41) is 25.7. The Bertz CT molecular complexity index is 786. The van der Waals surface area contributed by atoms with Crippen LogP contribution in [0.3, 0.4) is 0 Å². The molecule has 0 fully saturated rings. The zero-order valence-electron chi connectivity index (χ0n) is 12.0. The van der Waals surface area contributed by atoms with Gasteiger partial charge in [0, 0.05) is 18.6 Å². The topological polar surface area (TPSA) is 96.0 Å². The lowest BCUT2D eigenvalue weighted by atomic mass is 10.1. The van der Waals surface area contributed by atoms with Crippen LogP contribution in [-0.2, 0) is 11.2 Å². The second kappa shape index (κ2) is 5.88. The number of nitrogens with zero attached hydrogens (tertiary/aromatic N) is 3. The smallest absolute Gasteiger partial charge is 0.328 e. The van der Waals surface area contributed by atoms with Gasteiger partial charge < -0.3 is 5.11 Å². The van der Waals surface area contributed by atoms with Gasteiger partial charge in [0.25, 0.3) is 5.69 Å². The first-order chi connectivity index (χ1) is 11.1. The Hall–Kier alpha value is -3.22. The van der Waals surface area contributed by atoms with Crippen LogP contribution in [-0.4, -0.2) is 28.3 Å². The number of benzene rings is 2. The summed E-state index contributed by atoms with van der Waals surface area (Å²) in [5.41, 5.74) is 2.35. The lowest BCUT2D eigenvalue weighted by Crippen LogP contribution is -2.34. The van der Waals surface area contributed by atoms with Gasteiger partial charge in [0.15, 0.2) is 6.04 Å². The van der Waals surface area contributed by atoms with Gasteiger partial charge in [-0.15, -0.1) is 0 Å². The summed E-state index contributed by atoms with van der Waals surface area (Å²) in [6, 6.07) is 12.6. The molecule has 0 aliphatic carbocycles. The van der Waals surface area contributed by atoms with Gasteiger partial charge in [0.1, 0.15) is 0 Å². The predicted octanol–water partition coefficient (Wildman–Crippen LogP) is 2.44. The van der Waals surface area contributed by atoms with E-state index in [1.807, 2.05) is 24.3 Å². The number of nitro groups is 1. The average molecular weight is 311 g/mol. The van der Waals surface area contributed by atoms with Crippen molar-refractivity contribution in [3.8, 4) is 0 Å². The van der Waals surface area contributed by atoms with Gasteiger partial charge in [-0.05, 0) is 29.3 Å². The van der Waals surface area contributed by atoms with Crippen LogP contribution in [0.5, 0.6) is 0 Å². The number of anilines is 1. The molecule has 0 radical (unpaired) electrons. The summed E-state index contributed by atoms with van der Waals surface area (Å²) in [5.74, 6) is -0.943. The third-order valence-electron chi connectivity index (χ3n) is 3.67. The molecule has 0 amide bonds. The Morgan fingerprint density at radius 1 is 1.26 bits per heavy atom. The Morgan fingerprint density at radius 3 is 2.61 bits per heavy atom. The summed E-state index contributed by atoms with van der Waals surface area (Å²) in [6.45, 7) is 0. The standard InChI is InChI=1S/C16H13N3O4/c20-16(21)15-9-12-3-1-2-4-14(12)18(15)17-10-11-5-7-13(8-6-11)19(22)23/h1-8,10,15H,9H2,(H,20,21)/b17-10+. The van der Waals surface area contributed by atoms with Crippen molar-refractivity contribution in [1.82, 2.24) is 0 Å². The summed E-state index contributed by atoms with van der Waals surface area (Å²) in [7, 11) is 0. The summed E-state index contributed by atoms with van der Waals surface area (Å²) in [6.07, 6.45) is 1.89. The fourth-order valence-corrected chi connectivity index (χ4v) is 2.52. The molecule has 1 atom stereocenters. The highest BCUT2D eigenvalue weighted by Gasteiger charge is 2.34. The minimum Gasteiger partial charge on any atom is -0.480 e. The number of carboxylic acids is 1. The Kier molecular flexibility index (Phi) is 3.76. The number of hydrogen-bond donors (Lipinski definition) is 1. The van der Waals surface area contributed by atoms with E-state index >= 15 is 0 Å². The molecule has 1 N–H and O–H groups in total. The second-order valence-corrected chi connectivity index (χ2v) is 5.12. The van der Waals surface area contributed by atoms with Crippen molar-refractivity contribution in [2.75, 3.05) is 5.01 Å². The molecule has 2 aromatic rings. The zero-order chi connectivity index (χ0) is 16.4. The maximum Gasteiger partial charge on any atom is 0.328 e. The van der Waals surface area contributed by atoms with E-state index in [0.29, 0.717) is 12.0 Å². The van der Waals surface area contributed by atoms with E-state index in [1.165, 1.54) is 23.4 Å². The van der Waals surface area contributed by atoms with Gasteiger partial charge in [-0.25, -0.2) is 4.79 Å². The van der Waals surface area contributed by atoms with Crippen LogP contribution in [0.4, 0.5) is 11.4 Å². The molecule has 7 nitrogen and oxygen atoms in total. The number of para-hydroxylation sites is 1. The lowest BCUT2D eigenvalue weighted by Gasteiger charge is -2.18. The van der Waals surface area contributed by atoms with Gasteiger partial charge in [-0.2, -0.15) is 5.10 Å². The molecule has 2 aromatic carbocycles. The van der Waals surface area contributed by atoms with Crippen molar-refractivity contribution < 1.29 is 14.8 Å². The van der Waals surface area contributed by atoms with E-state index < -0.39 is 16.9 Å². The molecule has 0 saturated carbocycles. The van der Waals surface area contributed by atoms with Crippen molar-refractivity contribution in [2.45, 2.75) is 12.5 Å². The number of hydrazone groups is 1. The Morgan fingerprint density at radius 2 is 1.96 bits per heavy atom. The highest BCUT2D eigenvalue weighted by atomic mass is 16.6. The minimum atomic E-state index is -0.943. The average Bonchev–Trinajstić information content (AvgIpc) is 2.92.